The summed E-state index contributed by atoms with van der Waals surface area (Å²) in [6.07, 6.45) is 0.723. The SMILES string of the molecule is CC(C)(C)OC(=O)Nc1ccccc1NC(=O)c1ccc(CC(=O)NCCCCC(=O)O)cc1. The average molecular weight is 470 g/mol. The van der Waals surface area contributed by atoms with Gasteiger partial charge in [0, 0.05) is 18.5 Å². The van der Waals surface area contributed by atoms with Crippen LogP contribution in [0.3, 0.4) is 0 Å². The van der Waals surface area contributed by atoms with Crippen LogP contribution in [0.1, 0.15) is 56.0 Å². The maximum atomic E-state index is 12.7. The van der Waals surface area contributed by atoms with Crippen molar-refractivity contribution in [3.8, 4) is 0 Å². The minimum atomic E-state index is -0.849. The lowest BCUT2D eigenvalue weighted by molar-refractivity contribution is -0.137. The summed E-state index contributed by atoms with van der Waals surface area (Å²) in [5.41, 5.74) is 1.31. The van der Waals surface area contributed by atoms with E-state index in [1.807, 2.05) is 0 Å². The van der Waals surface area contributed by atoms with Gasteiger partial charge in [0.05, 0.1) is 17.8 Å². The summed E-state index contributed by atoms with van der Waals surface area (Å²) in [6.45, 7) is 5.70. The van der Waals surface area contributed by atoms with E-state index in [-0.39, 0.29) is 24.7 Å². The molecular weight excluding hydrogens is 438 g/mol. The Morgan fingerprint density at radius 1 is 0.882 bits per heavy atom. The summed E-state index contributed by atoms with van der Waals surface area (Å²) in [5.74, 6) is -1.39. The van der Waals surface area contributed by atoms with Crippen LogP contribution in [-0.4, -0.2) is 41.1 Å². The average Bonchev–Trinajstić information content (AvgIpc) is 2.73. The molecule has 0 heterocycles. The number of amides is 3. The molecule has 9 nitrogen and oxygen atoms in total. The molecule has 2 aromatic rings. The number of hydrogen-bond acceptors (Lipinski definition) is 5. The minimum Gasteiger partial charge on any atom is -0.481 e. The van der Waals surface area contributed by atoms with E-state index in [4.69, 9.17) is 9.84 Å². The highest BCUT2D eigenvalue weighted by molar-refractivity contribution is 6.06. The predicted molar refractivity (Wildman–Crippen MR) is 129 cm³/mol. The molecule has 0 fully saturated rings. The fraction of sp³-hybridized carbons (Fsp3) is 0.360. The molecule has 0 saturated carbocycles. The Morgan fingerprint density at radius 3 is 2.09 bits per heavy atom. The van der Waals surface area contributed by atoms with Gasteiger partial charge in [-0.3, -0.25) is 19.7 Å². The lowest BCUT2D eigenvalue weighted by atomic mass is 10.1. The van der Waals surface area contributed by atoms with Crippen molar-refractivity contribution in [1.82, 2.24) is 5.32 Å². The van der Waals surface area contributed by atoms with Gasteiger partial charge in [-0.25, -0.2) is 4.79 Å². The Morgan fingerprint density at radius 2 is 1.50 bits per heavy atom. The largest absolute Gasteiger partial charge is 0.481 e. The van der Waals surface area contributed by atoms with Crippen molar-refractivity contribution in [1.29, 1.82) is 0 Å². The zero-order chi connectivity index (χ0) is 25.1. The van der Waals surface area contributed by atoms with Crippen LogP contribution in [0.2, 0.25) is 0 Å². The first-order valence-electron chi connectivity index (χ1n) is 11.0. The molecular formula is C25H31N3O6. The fourth-order valence-corrected chi connectivity index (χ4v) is 2.96. The number of rotatable bonds is 10. The highest BCUT2D eigenvalue weighted by Crippen LogP contribution is 2.23. The number of unbranched alkanes of at least 4 members (excludes halogenated alkanes) is 1. The van der Waals surface area contributed by atoms with Crippen molar-refractivity contribution in [3.63, 3.8) is 0 Å². The van der Waals surface area contributed by atoms with Gasteiger partial charge in [0.2, 0.25) is 5.91 Å². The second-order valence-corrected chi connectivity index (χ2v) is 8.70. The summed E-state index contributed by atoms with van der Waals surface area (Å²) in [7, 11) is 0. The number of nitrogens with one attached hydrogen (secondary N) is 3. The minimum absolute atomic E-state index is 0.0843. The molecule has 0 radical (unpaired) electrons. The summed E-state index contributed by atoms with van der Waals surface area (Å²) >= 11 is 0. The molecule has 0 aromatic heterocycles. The van der Waals surface area contributed by atoms with Gasteiger partial charge in [-0.05, 0) is 63.4 Å². The van der Waals surface area contributed by atoms with Crippen molar-refractivity contribution >= 4 is 35.3 Å². The zero-order valence-electron chi connectivity index (χ0n) is 19.6. The van der Waals surface area contributed by atoms with Gasteiger partial charge in [-0.2, -0.15) is 0 Å². The molecule has 0 aliphatic carbocycles. The molecule has 9 heteroatoms. The van der Waals surface area contributed by atoms with E-state index in [9.17, 15) is 19.2 Å². The highest BCUT2D eigenvalue weighted by Gasteiger charge is 2.18. The molecule has 3 amide bonds. The second kappa shape index (κ2) is 12.4. The second-order valence-electron chi connectivity index (χ2n) is 8.70. The van der Waals surface area contributed by atoms with Crippen LogP contribution in [0.4, 0.5) is 16.2 Å². The Hall–Kier alpha value is -3.88. The van der Waals surface area contributed by atoms with Gasteiger partial charge >= 0.3 is 12.1 Å². The number of carbonyl (C=O) groups is 4. The standard InChI is InChI=1S/C25H31N3O6/c1-25(2,3)34-24(33)28-20-9-5-4-8-19(20)27-23(32)18-13-11-17(12-14-18)16-21(29)26-15-7-6-10-22(30)31/h4-5,8-9,11-14H,6-7,10,15-16H2,1-3H3,(H,26,29)(H,27,32)(H,28,33)(H,30,31). The van der Waals surface area contributed by atoms with Gasteiger partial charge in [0.15, 0.2) is 0 Å². The maximum absolute atomic E-state index is 12.7. The lowest BCUT2D eigenvalue weighted by Gasteiger charge is -2.20. The third-order valence-electron chi connectivity index (χ3n) is 4.53. The molecule has 0 bridgehead atoms. The Labute approximate surface area is 198 Å². The third-order valence-corrected chi connectivity index (χ3v) is 4.53. The number of carboxylic acids is 1. The van der Waals surface area contributed by atoms with Crippen molar-refractivity contribution in [2.75, 3.05) is 17.2 Å². The van der Waals surface area contributed by atoms with Gasteiger partial charge in [-0.15, -0.1) is 0 Å². The monoisotopic (exact) mass is 469 g/mol. The third kappa shape index (κ3) is 9.72. The Bertz CT molecular complexity index is 1010. The molecule has 0 aliphatic heterocycles. The first-order chi connectivity index (χ1) is 16.0. The molecule has 4 N–H and O–H groups in total. The van der Waals surface area contributed by atoms with E-state index >= 15 is 0 Å². The zero-order valence-corrected chi connectivity index (χ0v) is 19.6. The predicted octanol–water partition coefficient (Wildman–Crippen LogP) is 4.20. The number of ether oxygens (including phenoxy) is 1. The first kappa shape index (κ1) is 26.4. The van der Waals surface area contributed by atoms with Crippen molar-refractivity contribution in [2.24, 2.45) is 0 Å². The molecule has 182 valence electrons. The summed E-state index contributed by atoms with van der Waals surface area (Å²) in [4.78, 5) is 47.3. The molecule has 0 aliphatic rings. The number of anilines is 2. The van der Waals surface area contributed by atoms with E-state index in [2.05, 4.69) is 16.0 Å². The summed E-state index contributed by atoms with van der Waals surface area (Å²) in [6, 6.07) is 13.4. The van der Waals surface area contributed by atoms with Gasteiger partial charge in [-0.1, -0.05) is 24.3 Å². The van der Waals surface area contributed by atoms with Crippen LogP contribution in [0.25, 0.3) is 0 Å². The summed E-state index contributed by atoms with van der Waals surface area (Å²) < 4.78 is 5.26. The van der Waals surface area contributed by atoms with E-state index in [1.54, 1.807) is 69.3 Å². The van der Waals surface area contributed by atoms with Crippen LogP contribution in [-0.2, 0) is 20.7 Å². The van der Waals surface area contributed by atoms with Crippen molar-refractivity contribution < 1.29 is 29.0 Å². The quantitative estimate of drug-likeness (QED) is 0.385. The smallest absolute Gasteiger partial charge is 0.412 e. The maximum Gasteiger partial charge on any atom is 0.412 e. The summed E-state index contributed by atoms with van der Waals surface area (Å²) in [5, 5.41) is 16.8. The molecule has 0 atom stereocenters. The van der Waals surface area contributed by atoms with Gasteiger partial charge < -0.3 is 20.5 Å². The van der Waals surface area contributed by atoms with Crippen LogP contribution in [0, 0.1) is 0 Å². The van der Waals surface area contributed by atoms with Crippen molar-refractivity contribution in [3.05, 3.63) is 59.7 Å². The topological polar surface area (TPSA) is 134 Å². The Balaban J connectivity index is 1.90. The van der Waals surface area contributed by atoms with E-state index in [0.717, 1.165) is 5.56 Å². The molecule has 0 spiro atoms. The number of carboxylic acid groups (broad SMARTS) is 1. The highest BCUT2D eigenvalue weighted by atomic mass is 16.6. The molecule has 0 saturated heterocycles. The van der Waals surface area contributed by atoms with Crippen LogP contribution >= 0.6 is 0 Å². The van der Waals surface area contributed by atoms with Gasteiger partial charge in [0.1, 0.15) is 5.60 Å². The molecule has 2 rings (SSSR count). The first-order valence-corrected chi connectivity index (χ1v) is 11.0. The number of hydrogen-bond donors (Lipinski definition) is 4. The van der Waals surface area contributed by atoms with Crippen LogP contribution < -0.4 is 16.0 Å². The van der Waals surface area contributed by atoms with E-state index in [1.165, 1.54) is 0 Å². The van der Waals surface area contributed by atoms with E-state index in [0.29, 0.717) is 36.3 Å². The van der Waals surface area contributed by atoms with Gasteiger partial charge in [0.25, 0.3) is 5.91 Å². The lowest BCUT2D eigenvalue weighted by Crippen LogP contribution is -2.27. The number of para-hydroxylation sites is 2. The molecule has 2 aromatic carbocycles. The van der Waals surface area contributed by atoms with E-state index < -0.39 is 17.7 Å². The number of carbonyl (C=O) groups excluding carboxylic acids is 3. The normalized spacial score (nSPS) is 10.8. The fourth-order valence-electron chi connectivity index (χ4n) is 2.96. The number of aliphatic carboxylic acids is 1. The number of benzene rings is 2. The van der Waals surface area contributed by atoms with Crippen molar-refractivity contribution in [2.45, 2.75) is 52.1 Å². The molecule has 0 unspecified atom stereocenters. The molecule has 34 heavy (non-hydrogen) atoms. The van der Waals surface area contributed by atoms with Crippen LogP contribution in [0.5, 0.6) is 0 Å². The Kier molecular flexibility index (Phi) is 9.61. The van der Waals surface area contributed by atoms with Crippen LogP contribution in [0.15, 0.2) is 48.5 Å².